The fraction of sp³-hybridized carbons (Fsp3) is 0.538. The molecule has 2 atom stereocenters. The van der Waals surface area contributed by atoms with Gasteiger partial charge in [-0.25, -0.2) is 0 Å². The maximum atomic E-state index is 9.54. The molecule has 3 heteroatoms. The van der Waals surface area contributed by atoms with E-state index in [2.05, 4.69) is 23.9 Å². The molecule has 3 rings (SSSR count). The van der Waals surface area contributed by atoms with Crippen molar-refractivity contribution in [2.75, 3.05) is 25.5 Å². The second kappa shape index (κ2) is 3.67. The minimum atomic E-state index is 0. The first-order valence-electron chi connectivity index (χ1n) is 5.44. The fourth-order valence-electron chi connectivity index (χ4n) is 3.12. The number of phenolic OH excluding ortho intramolecular Hbond substituents is 1. The Labute approximate surface area is 97.3 Å². The van der Waals surface area contributed by atoms with Gasteiger partial charge in [0.05, 0.1) is 6.17 Å². The molecule has 2 heterocycles. The van der Waals surface area contributed by atoms with Crippen LogP contribution in [-0.4, -0.2) is 36.8 Å². The van der Waals surface area contributed by atoms with Crippen molar-refractivity contribution >= 4 is 5.69 Å². The molecule has 2 aliphatic rings. The molecule has 0 radical (unpaired) electrons. The van der Waals surface area contributed by atoms with Crippen LogP contribution >= 0.6 is 0 Å². The van der Waals surface area contributed by atoms with Crippen LogP contribution in [0.5, 0.6) is 5.75 Å². The highest BCUT2D eigenvalue weighted by atomic mass is 16.3. The van der Waals surface area contributed by atoms with Crippen molar-refractivity contribution in [3.8, 4) is 5.75 Å². The largest absolute Gasteiger partial charge is 0.508 e. The number of aromatic hydroxyl groups is 1. The lowest BCUT2D eigenvalue weighted by atomic mass is 9.98. The summed E-state index contributed by atoms with van der Waals surface area (Å²) in [5.41, 5.74) is 2.58. The van der Waals surface area contributed by atoms with Crippen molar-refractivity contribution in [1.82, 2.24) is 4.90 Å². The molecular weight excluding hydrogens is 200 g/mol. The summed E-state index contributed by atoms with van der Waals surface area (Å²) < 4.78 is 0. The first kappa shape index (κ1) is 11.3. The molecule has 1 saturated heterocycles. The third kappa shape index (κ3) is 1.31. The molecular formula is C13H20N2O. The number of hydrogen-bond acceptors (Lipinski definition) is 3. The lowest BCUT2D eigenvalue weighted by Gasteiger charge is -2.28. The molecule has 0 amide bonds. The van der Waals surface area contributed by atoms with Crippen LogP contribution in [0.4, 0.5) is 5.69 Å². The Morgan fingerprint density at radius 2 is 2.06 bits per heavy atom. The molecule has 2 aliphatic heterocycles. The highest BCUT2D eigenvalue weighted by Gasteiger charge is 2.42. The van der Waals surface area contributed by atoms with E-state index in [9.17, 15) is 5.11 Å². The number of rotatable bonds is 0. The Morgan fingerprint density at radius 3 is 2.81 bits per heavy atom. The van der Waals surface area contributed by atoms with E-state index in [4.69, 9.17) is 0 Å². The summed E-state index contributed by atoms with van der Waals surface area (Å²) >= 11 is 0. The molecule has 1 aromatic rings. The SMILES string of the molecule is C.CN1CCC2c3cc(O)ccc3N(C)C21. The van der Waals surface area contributed by atoms with Gasteiger partial charge in [0.25, 0.3) is 0 Å². The van der Waals surface area contributed by atoms with Crippen molar-refractivity contribution < 1.29 is 5.11 Å². The van der Waals surface area contributed by atoms with Crippen LogP contribution in [0.3, 0.4) is 0 Å². The molecule has 0 spiro atoms. The fourth-order valence-corrected chi connectivity index (χ4v) is 3.12. The maximum Gasteiger partial charge on any atom is 0.116 e. The van der Waals surface area contributed by atoms with E-state index < -0.39 is 0 Å². The average molecular weight is 220 g/mol. The number of phenols is 1. The highest BCUT2D eigenvalue weighted by Crippen LogP contribution is 2.47. The number of benzene rings is 1. The summed E-state index contributed by atoms with van der Waals surface area (Å²) in [6, 6.07) is 5.73. The molecule has 1 aromatic carbocycles. The van der Waals surface area contributed by atoms with Gasteiger partial charge in [-0.2, -0.15) is 0 Å². The van der Waals surface area contributed by atoms with E-state index in [-0.39, 0.29) is 7.43 Å². The Balaban J connectivity index is 0.000000963. The first-order chi connectivity index (χ1) is 7.18. The Hall–Kier alpha value is -1.22. The number of nitrogens with zero attached hydrogens (tertiary/aromatic N) is 2. The van der Waals surface area contributed by atoms with Gasteiger partial charge in [0, 0.05) is 25.2 Å². The van der Waals surface area contributed by atoms with Gasteiger partial charge < -0.3 is 10.0 Å². The molecule has 1 N–H and O–H groups in total. The van der Waals surface area contributed by atoms with Gasteiger partial charge in [-0.05, 0) is 37.2 Å². The van der Waals surface area contributed by atoms with Crippen LogP contribution in [0.2, 0.25) is 0 Å². The minimum absolute atomic E-state index is 0. The van der Waals surface area contributed by atoms with Crippen LogP contribution in [0.1, 0.15) is 25.3 Å². The average Bonchev–Trinajstić information content (AvgIpc) is 2.70. The van der Waals surface area contributed by atoms with Crippen LogP contribution < -0.4 is 4.90 Å². The van der Waals surface area contributed by atoms with Crippen molar-refractivity contribution in [1.29, 1.82) is 0 Å². The predicted molar refractivity (Wildman–Crippen MR) is 67.0 cm³/mol. The normalized spacial score (nSPS) is 27.5. The number of likely N-dealkylation sites (tertiary alicyclic amines) is 1. The maximum absolute atomic E-state index is 9.54. The molecule has 0 aromatic heterocycles. The van der Waals surface area contributed by atoms with Gasteiger partial charge in [-0.3, -0.25) is 4.90 Å². The number of fused-ring (bicyclic) bond motifs is 3. The van der Waals surface area contributed by atoms with Gasteiger partial charge in [-0.1, -0.05) is 7.43 Å². The van der Waals surface area contributed by atoms with E-state index in [0.29, 0.717) is 17.8 Å². The Kier molecular flexibility index (Phi) is 2.58. The molecule has 0 bridgehead atoms. The van der Waals surface area contributed by atoms with E-state index >= 15 is 0 Å². The Morgan fingerprint density at radius 1 is 1.31 bits per heavy atom. The molecule has 88 valence electrons. The summed E-state index contributed by atoms with van der Waals surface area (Å²) in [5.74, 6) is 0.958. The minimum Gasteiger partial charge on any atom is -0.508 e. The summed E-state index contributed by atoms with van der Waals surface area (Å²) in [5, 5.41) is 9.54. The van der Waals surface area contributed by atoms with E-state index in [0.717, 1.165) is 6.54 Å². The van der Waals surface area contributed by atoms with Crippen LogP contribution in [0, 0.1) is 0 Å². The van der Waals surface area contributed by atoms with Crippen molar-refractivity contribution in [2.24, 2.45) is 0 Å². The van der Waals surface area contributed by atoms with E-state index in [1.165, 1.54) is 17.7 Å². The number of likely N-dealkylation sites (N-methyl/N-ethyl adjacent to an activating group) is 2. The quantitative estimate of drug-likeness (QED) is 0.726. The zero-order chi connectivity index (χ0) is 10.6. The van der Waals surface area contributed by atoms with Gasteiger partial charge in [0.1, 0.15) is 5.75 Å². The summed E-state index contributed by atoms with van der Waals surface area (Å²) in [4.78, 5) is 4.72. The van der Waals surface area contributed by atoms with Crippen molar-refractivity contribution in [3.63, 3.8) is 0 Å². The second-order valence-electron chi connectivity index (χ2n) is 4.64. The smallest absolute Gasteiger partial charge is 0.116 e. The lowest BCUT2D eigenvalue weighted by Crippen LogP contribution is -2.39. The topological polar surface area (TPSA) is 26.7 Å². The molecule has 2 unspecified atom stereocenters. The third-order valence-corrected chi connectivity index (χ3v) is 3.79. The monoisotopic (exact) mass is 220 g/mol. The van der Waals surface area contributed by atoms with Gasteiger partial charge in [-0.15, -0.1) is 0 Å². The highest BCUT2D eigenvalue weighted by molar-refractivity contribution is 5.63. The van der Waals surface area contributed by atoms with E-state index in [1.807, 2.05) is 12.1 Å². The van der Waals surface area contributed by atoms with Crippen LogP contribution in [0.15, 0.2) is 18.2 Å². The number of hydrogen-bond donors (Lipinski definition) is 1. The standard InChI is InChI=1S/C12H16N2O.CH4/c1-13-6-5-9-10-7-8(15)3-4-11(10)14(2)12(9)13;/h3-4,7,9,12,15H,5-6H2,1-2H3;1H4. The Bertz CT molecular complexity index is 405. The van der Waals surface area contributed by atoms with Crippen molar-refractivity contribution in [3.05, 3.63) is 23.8 Å². The molecule has 1 fully saturated rings. The predicted octanol–water partition coefficient (Wildman–Crippen LogP) is 2.22. The van der Waals surface area contributed by atoms with Crippen LogP contribution in [0.25, 0.3) is 0 Å². The second-order valence-corrected chi connectivity index (χ2v) is 4.64. The van der Waals surface area contributed by atoms with Crippen molar-refractivity contribution in [2.45, 2.75) is 25.9 Å². The van der Waals surface area contributed by atoms with Crippen LogP contribution in [-0.2, 0) is 0 Å². The third-order valence-electron chi connectivity index (χ3n) is 3.79. The summed E-state index contributed by atoms with van der Waals surface area (Å²) in [6.45, 7) is 1.15. The zero-order valence-corrected chi connectivity index (χ0v) is 9.14. The summed E-state index contributed by atoms with van der Waals surface area (Å²) in [6.07, 6.45) is 1.68. The van der Waals surface area contributed by atoms with E-state index in [1.54, 1.807) is 6.07 Å². The summed E-state index contributed by atoms with van der Waals surface area (Å²) in [7, 11) is 4.31. The van der Waals surface area contributed by atoms with Gasteiger partial charge in [0.2, 0.25) is 0 Å². The molecule has 3 nitrogen and oxygen atoms in total. The lowest BCUT2D eigenvalue weighted by molar-refractivity contribution is 0.305. The van der Waals surface area contributed by atoms with Gasteiger partial charge >= 0.3 is 0 Å². The molecule has 16 heavy (non-hydrogen) atoms. The van der Waals surface area contributed by atoms with Gasteiger partial charge in [0.15, 0.2) is 0 Å². The molecule has 0 aliphatic carbocycles. The zero-order valence-electron chi connectivity index (χ0n) is 9.14. The first-order valence-corrected chi connectivity index (χ1v) is 5.44. The number of anilines is 1. The molecule has 0 saturated carbocycles.